The highest BCUT2D eigenvalue weighted by Gasteiger charge is 2.34. The molecule has 0 unspecified atom stereocenters. The van der Waals surface area contributed by atoms with Crippen LogP contribution in [0.4, 0.5) is 5.13 Å². The van der Waals surface area contributed by atoms with E-state index in [1.165, 1.54) is 16.9 Å². The zero-order valence-electron chi connectivity index (χ0n) is 16.1. The zero-order valence-corrected chi connectivity index (χ0v) is 18.5. The summed E-state index contributed by atoms with van der Waals surface area (Å²) in [4.78, 5) is 18.4. The minimum atomic E-state index is 0.0443. The van der Waals surface area contributed by atoms with Gasteiger partial charge in [-0.15, -0.1) is 21.5 Å². The van der Waals surface area contributed by atoms with Gasteiger partial charge in [0.1, 0.15) is 5.01 Å². The van der Waals surface area contributed by atoms with Crippen molar-refractivity contribution in [1.29, 1.82) is 0 Å². The van der Waals surface area contributed by atoms with Crippen LogP contribution < -0.4 is 4.90 Å². The monoisotopic (exact) mass is 430 g/mol. The lowest BCUT2D eigenvalue weighted by Gasteiger charge is -2.15. The average molecular weight is 431 g/mol. The summed E-state index contributed by atoms with van der Waals surface area (Å²) in [6, 6.07) is 8.97. The summed E-state index contributed by atoms with van der Waals surface area (Å²) in [5.41, 5.74) is 3.54. The van der Waals surface area contributed by atoms with Gasteiger partial charge in [0, 0.05) is 29.7 Å². The molecule has 1 aromatic carbocycles. The maximum atomic E-state index is 11.9. The van der Waals surface area contributed by atoms with E-state index in [4.69, 9.17) is 4.98 Å². The van der Waals surface area contributed by atoms with Crippen molar-refractivity contribution in [3.05, 3.63) is 40.9 Å². The highest BCUT2D eigenvalue weighted by Crippen LogP contribution is 2.37. The molecule has 2 heterocycles. The molecule has 3 aromatic rings. The second-order valence-corrected chi connectivity index (χ2v) is 10.2. The van der Waals surface area contributed by atoms with E-state index in [-0.39, 0.29) is 5.91 Å². The first-order valence-corrected chi connectivity index (χ1v) is 12.0. The van der Waals surface area contributed by atoms with E-state index < -0.39 is 0 Å². The molecule has 1 saturated carbocycles. The van der Waals surface area contributed by atoms with Crippen LogP contribution in [-0.2, 0) is 10.5 Å². The molecule has 4 rings (SSSR count). The third-order valence-electron chi connectivity index (χ3n) is 4.57. The number of rotatable bonds is 7. The van der Waals surface area contributed by atoms with E-state index in [0.29, 0.717) is 17.1 Å². The smallest absolute Gasteiger partial charge is 0.225 e. The van der Waals surface area contributed by atoms with Crippen molar-refractivity contribution < 1.29 is 4.79 Å². The molecule has 0 saturated heterocycles. The van der Waals surface area contributed by atoms with Gasteiger partial charge in [-0.1, -0.05) is 61.2 Å². The van der Waals surface area contributed by atoms with E-state index in [0.717, 1.165) is 39.2 Å². The van der Waals surface area contributed by atoms with Gasteiger partial charge in [0.05, 0.1) is 5.69 Å². The van der Waals surface area contributed by atoms with Gasteiger partial charge in [-0.25, -0.2) is 4.98 Å². The number of benzene rings is 1. The van der Waals surface area contributed by atoms with E-state index in [1.807, 2.05) is 0 Å². The van der Waals surface area contributed by atoms with Crippen molar-refractivity contribution in [2.24, 2.45) is 0 Å². The third kappa shape index (κ3) is 4.45. The number of thioether (sulfide) groups is 1. The van der Waals surface area contributed by atoms with Gasteiger partial charge in [-0.05, 0) is 24.3 Å². The summed E-state index contributed by atoms with van der Waals surface area (Å²) >= 11 is 4.78. The molecule has 0 aliphatic heterocycles. The molecule has 1 aliphatic rings. The Balaban J connectivity index is 1.39. The number of hydrogen-bond donors (Lipinski definition) is 0. The fraction of sp³-hybridized carbons (Fsp3) is 0.400. The second-order valence-electron chi connectivity index (χ2n) is 7.18. The summed E-state index contributed by atoms with van der Waals surface area (Å²) in [6.45, 7) is 6.00. The van der Waals surface area contributed by atoms with Crippen LogP contribution in [0.15, 0.2) is 34.0 Å². The zero-order chi connectivity index (χ0) is 19.7. The SMILES string of the molecule is CC(=O)N(c1nnc(SCc2csc(-c3ccc(C(C)C)cc3)n2)s1)C1CC1. The van der Waals surface area contributed by atoms with Crippen LogP contribution in [0.1, 0.15) is 50.8 Å². The van der Waals surface area contributed by atoms with Crippen molar-refractivity contribution in [1.82, 2.24) is 15.2 Å². The number of carbonyl (C=O) groups excluding carboxylic acids is 1. The molecule has 8 heteroatoms. The molecule has 0 spiro atoms. The number of anilines is 1. The molecular weight excluding hydrogens is 408 g/mol. The Morgan fingerprint density at radius 1 is 1.25 bits per heavy atom. The van der Waals surface area contributed by atoms with E-state index in [9.17, 15) is 4.79 Å². The van der Waals surface area contributed by atoms with E-state index in [2.05, 4.69) is 53.7 Å². The van der Waals surface area contributed by atoms with Crippen molar-refractivity contribution in [3.8, 4) is 10.6 Å². The normalized spacial score (nSPS) is 13.9. The number of amides is 1. The van der Waals surface area contributed by atoms with Crippen LogP contribution in [0.2, 0.25) is 0 Å². The van der Waals surface area contributed by atoms with Crippen molar-refractivity contribution >= 4 is 45.5 Å². The average Bonchev–Trinajstić information content (AvgIpc) is 3.19. The van der Waals surface area contributed by atoms with Crippen LogP contribution in [0, 0.1) is 0 Å². The van der Waals surface area contributed by atoms with E-state index in [1.54, 1.807) is 34.9 Å². The Morgan fingerprint density at radius 3 is 2.64 bits per heavy atom. The summed E-state index contributed by atoms with van der Waals surface area (Å²) in [6.07, 6.45) is 2.11. The predicted molar refractivity (Wildman–Crippen MR) is 117 cm³/mol. The minimum Gasteiger partial charge on any atom is -0.284 e. The summed E-state index contributed by atoms with van der Waals surface area (Å²) in [5.74, 6) is 1.33. The molecule has 1 fully saturated rings. The van der Waals surface area contributed by atoms with Crippen molar-refractivity contribution in [2.45, 2.75) is 55.7 Å². The number of nitrogens with zero attached hydrogens (tertiary/aromatic N) is 4. The molecule has 1 amide bonds. The Hall–Kier alpha value is -1.77. The maximum Gasteiger partial charge on any atom is 0.225 e. The molecule has 1 aliphatic carbocycles. The lowest BCUT2D eigenvalue weighted by atomic mass is 10.0. The lowest BCUT2D eigenvalue weighted by molar-refractivity contribution is -0.116. The highest BCUT2D eigenvalue weighted by molar-refractivity contribution is 8.00. The molecule has 0 atom stereocenters. The van der Waals surface area contributed by atoms with Gasteiger partial charge < -0.3 is 0 Å². The number of carbonyl (C=O) groups is 1. The summed E-state index contributed by atoms with van der Waals surface area (Å²) in [5, 5.41) is 12.3. The molecule has 0 bridgehead atoms. The largest absolute Gasteiger partial charge is 0.284 e. The van der Waals surface area contributed by atoms with Gasteiger partial charge in [0.2, 0.25) is 11.0 Å². The van der Waals surface area contributed by atoms with Crippen LogP contribution >= 0.6 is 34.4 Å². The van der Waals surface area contributed by atoms with Crippen LogP contribution in [-0.4, -0.2) is 27.1 Å². The second kappa shape index (κ2) is 8.31. The number of hydrogen-bond acceptors (Lipinski definition) is 7. The molecular formula is C20H22N4OS3. The first-order chi connectivity index (χ1) is 13.5. The van der Waals surface area contributed by atoms with Crippen LogP contribution in [0.5, 0.6) is 0 Å². The Kier molecular flexibility index (Phi) is 5.80. The molecule has 0 radical (unpaired) electrons. The maximum absolute atomic E-state index is 11.9. The topological polar surface area (TPSA) is 59.0 Å². The van der Waals surface area contributed by atoms with Gasteiger partial charge >= 0.3 is 0 Å². The first-order valence-electron chi connectivity index (χ1n) is 9.32. The van der Waals surface area contributed by atoms with Gasteiger partial charge in [0.25, 0.3) is 0 Å². The van der Waals surface area contributed by atoms with Gasteiger partial charge in [-0.3, -0.25) is 9.69 Å². The van der Waals surface area contributed by atoms with Crippen LogP contribution in [0.25, 0.3) is 10.6 Å². The van der Waals surface area contributed by atoms with Gasteiger partial charge in [-0.2, -0.15) is 0 Å². The van der Waals surface area contributed by atoms with Crippen LogP contribution in [0.3, 0.4) is 0 Å². The van der Waals surface area contributed by atoms with Crippen molar-refractivity contribution in [2.75, 3.05) is 4.90 Å². The summed E-state index contributed by atoms with van der Waals surface area (Å²) in [7, 11) is 0. The molecule has 146 valence electrons. The standard InChI is InChI=1S/C20H22N4OS3/c1-12(2)14-4-6-15(7-5-14)18-21-16(10-26-18)11-27-20-23-22-19(28-20)24(13(3)25)17-8-9-17/h4-7,10,12,17H,8-9,11H2,1-3H3. The quantitative estimate of drug-likeness (QED) is 0.361. The van der Waals surface area contributed by atoms with E-state index >= 15 is 0 Å². The Bertz CT molecular complexity index is 960. The predicted octanol–water partition coefficient (Wildman–Crippen LogP) is 5.59. The van der Waals surface area contributed by atoms with Crippen molar-refractivity contribution in [3.63, 3.8) is 0 Å². The summed E-state index contributed by atoms with van der Waals surface area (Å²) < 4.78 is 0.873. The molecule has 0 N–H and O–H groups in total. The lowest BCUT2D eigenvalue weighted by Crippen LogP contribution is -2.30. The molecule has 5 nitrogen and oxygen atoms in total. The highest BCUT2D eigenvalue weighted by atomic mass is 32.2. The van der Waals surface area contributed by atoms with Gasteiger partial charge in [0.15, 0.2) is 4.34 Å². The molecule has 28 heavy (non-hydrogen) atoms. The fourth-order valence-corrected chi connectivity index (χ4v) is 5.67. The Labute approximate surface area is 177 Å². The number of thiazole rings is 1. The fourth-order valence-electron chi connectivity index (χ4n) is 2.89. The minimum absolute atomic E-state index is 0.0443. The first kappa shape index (κ1) is 19.5. The molecule has 2 aromatic heterocycles. The third-order valence-corrected chi connectivity index (χ3v) is 7.60. The number of aromatic nitrogens is 3. The Morgan fingerprint density at radius 2 is 2.00 bits per heavy atom.